The van der Waals surface area contributed by atoms with Crippen LogP contribution < -0.4 is 0 Å². The maximum absolute atomic E-state index is 12.8. The van der Waals surface area contributed by atoms with E-state index in [2.05, 4.69) is 6.07 Å². The zero-order chi connectivity index (χ0) is 11.8. The zero-order valence-corrected chi connectivity index (χ0v) is 9.92. The quantitative estimate of drug-likeness (QED) is 0.726. The minimum atomic E-state index is -0.190. The van der Waals surface area contributed by atoms with Crippen LogP contribution in [0.5, 0.6) is 0 Å². The van der Waals surface area contributed by atoms with Gasteiger partial charge in [-0.05, 0) is 41.7 Å². The van der Waals surface area contributed by atoms with Crippen LogP contribution in [0.15, 0.2) is 48.5 Å². The van der Waals surface area contributed by atoms with E-state index < -0.39 is 0 Å². The Morgan fingerprint density at radius 2 is 1.71 bits per heavy atom. The third-order valence-electron chi connectivity index (χ3n) is 3.18. The second kappa shape index (κ2) is 4.15. The van der Waals surface area contributed by atoms with Gasteiger partial charge < -0.3 is 0 Å². The molecule has 17 heavy (non-hydrogen) atoms. The summed E-state index contributed by atoms with van der Waals surface area (Å²) < 4.78 is 12.8. The molecule has 0 nitrogen and oxygen atoms in total. The van der Waals surface area contributed by atoms with Crippen molar-refractivity contribution in [3.63, 3.8) is 0 Å². The third kappa shape index (κ3) is 2.07. The van der Waals surface area contributed by atoms with Crippen molar-refractivity contribution in [2.24, 2.45) is 0 Å². The summed E-state index contributed by atoms with van der Waals surface area (Å²) in [7, 11) is 0. The Balaban J connectivity index is 1.83. The summed E-state index contributed by atoms with van der Waals surface area (Å²) >= 11 is 6.16. The molecule has 1 atom stereocenters. The molecule has 1 fully saturated rings. The molecule has 0 amide bonds. The van der Waals surface area contributed by atoms with Crippen LogP contribution in [0.25, 0.3) is 0 Å². The van der Waals surface area contributed by atoms with E-state index >= 15 is 0 Å². The summed E-state index contributed by atoms with van der Waals surface area (Å²) in [5, 5.41) is 0.814. The standard InChI is InChI=1S/C15H11ClF/c16-15-4-2-1-3-12(15)14-9-13(14)10-5-7-11(17)8-6-10/h1-8,14H,9H2. The fraction of sp³-hybridized carbons (Fsp3) is 0.133. The highest BCUT2D eigenvalue weighted by Crippen LogP contribution is 2.54. The van der Waals surface area contributed by atoms with E-state index in [4.69, 9.17) is 11.6 Å². The molecule has 1 radical (unpaired) electrons. The first-order valence-electron chi connectivity index (χ1n) is 5.62. The molecule has 0 heterocycles. The molecular formula is C15H11ClF. The van der Waals surface area contributed by atoms with Crippen LogP contribution in [0.1, 0.15) is 23.5 Å². The molecule has 2 aromatic carbocycles. The number of benzene rings is 2. The molecule has 2 aromatic rings. The zero-order valence-electron chi connectivity index (χ0n) is 9.16. The van der Waals surface area contributed by atoms with Crippen molar-refractivity contribution in [2.75, 3.05) is 0 Å². The smallest absolute Gasteiger partial charge is 0.123 e. The van der Waals surface area contributed by atoms with Crippen molar-refractivity contribution in [3.05, 3.63) is 76.4 Å². The molecule has 0 saturated heterocycles. The molecule has 0 spiro atoms. The molecule has 0 N–H and O–H groups in total. The van der Waals surface area contributed by atoms with Gasteiger partial charge in [0.2, 0.25) is 0 Å². The van der Waals surface area contributed by atoms with E-state index in [0.717, 1.165) is 17.0 Å². The maximum Gasteiger partial charge on any atom is 0.123 e. The van der Waals surface area contributed by atoms with Gasteiger partial charge in [-0.25, -0.2) is 4.39 Å². The largest absolute Gasteiger partial charge is 0.207 e. The predicted molar refractivity (Wildman–Crippen MR) is 67.6 cm³/mol. The molecular weight excluding hydrogens is 235 g/mol. The average Bonchev–Trinajstić information content (AvgIpc) is 3.11. The van der Waals surface area contributed by atoms with Crippen LogP contribution in [0.3, 0.4) is 0 Å². The lowest BCUT2D eigenvalue weighted by Crippen LogP contribution is -1.86. The van der Waals surface area contributed by atoms with E-state index in [9.17, 15) is 4.39 Å². The summed E-state index contributed by atoms with van der Waals surface area (Å²) in [5.74, 6) is 1.57. The van der Waals surface area contributed by atoms with Gasteiger partial charge in [-0.2, -0.15) is 0 Å². The summed E-state index contributed by atoms with van der Waals surface area (Å²) in [6.07, 6.45) is 1.02. The van der Waals surface area contributed by atoms with Gasteiger partial charge in [0, 0.05) is 10.9 Å². The first kappa shape index (κ1) is 10.8. The van der Waals surface area contributed by atoms with Gasteiger partial charge in [-0.1, -0.05) is 41.9 Å². The molecule has 0 aromatic heterocycles. The number of halogens is 2. The van der Waals surface area contributed by atoms with Crippen molar-refractivity contribution in [1.29, 1.82) is 0 Å². The van der Waals surface area contributed by atoms with Gasteiger partial charge in [-0.15, -0.1) is 0 Å². The molecule has 0 bridgehead atoms. The predicted octanol–water partition coefficient (Wildman–Crippen LogP) is 4.59. The van der Waals surface area contributed by atoms with Gasteiger partial charge in [0.1, 0.15) is 5.82 Å². The minimum Gasteiger partial charge on any atom is -0.207 e. The van der Waals surface area contributed by atoms with Gasteiger partial charge in [0.25, 0.3) is 0 Å². The number of rotatable bonds is 2. The molecule has 1 saturated carbocycles. The number of hydrogen-bond acceptors (Lipinski definition) is 0. The van der Waals surface area contributed by atoms with Crippen LogP contribution >= 0.6 is 11.6 Å². The van der Waals surface area contributed by atoms with Crippen molar-refractivity contribution >= 4 is 11.6 Å². The summed E-state index contributed by atoms with van der Waals surface area (Å²) in [6.45, 7) is 0. The SMILES string of the molecule is Fc1ccc([C]2CC2c2ccccc2Cl)cc1. The lowest BCUT2D eigenvalue weighted by Gasteiger charge is -2.03. The minimum absolute atomic E-state index is 0.190. The molecule has 3 rings (SSSR count). The second-order valence-corrected chi connectivity index (χ2v) is 4.72. The fourth-order valence-electron chi connectivity index (χ4n) is 2.20. The van der Waals surface area contributed by atoms with Crippen molar-refractivity contribution in [3.8, 4) is 0 Å². The van der Waals surface area contributed by atoms with Gasteiger partial charge >= 0.3 is 0 Å². The number of hydrogen-bond donors (Lipinski definition) is 0. The summed E-state index contributed by atoms with van der Waals surface area (Å²) in [4.78, 5) is 0. The Morgan fingerprint density at radius 1 is 1.00 bits per heavy atom. The van der Waals surface area contributed by atoms with Crippen molar-refractivity contribution in [2.45, 2.75) is 12.3 Å². The van der Waals surface area contributed by atoms with Crippen LogP contribution in [-0.4, -0.2) is 0 Å². The summed E-state index contributed by atoms with van der Waals surface area (Å²) in [5.41, 5.74) is 2.30. The maximum atomic E-state index is 12.8. The average molecular weight is 246 g/mol. The van der Waals surface area contributed by atoms with E-state index in [1.807, 2.05) is 30.3 Å². The molecule has 1 aliphatic carbocycles. The van der Waals surface area contributed by atoms with Gasteiger partial charge in [0.05, 0.1) is 0 Å². The van der Waals surface area contributed by atoms with Gasteiger partial charge in [0.15, 0.2) is 0 Å². The first-order chi connectivity index (χ1) is 8.25. The molecule has 0 aliphatic heterocycles. The van der Waals surface area contributed by atoms with E-state index in [1.54, 1.807) is 0 Å². The normalized spacial score (nSPS) is 19.3. The van der Waals surface area contributed by atoms with Crippen LogP contribution in [-0.2, 0) is 0 Å². The topological polar surface area (TPSA) is 0 Å². The highest BCUT2D eigenvalue weighted by Gasteiger charge is 2.41. The Morgan fingerprint density at radius 3 is 2.41 bits per heavy atom. The van der Waals surface area contributed by atoms with E-state index in [-0.39, 0.29) is 5.82 Å². The highest BCUT2D eigenvalue weighted by atomic mass is 35.5. The summed E-state index contributed by atoms with van der Waals surface area (Å²) in [6, 6.07) is 14.6. The third-order valence-corrected chi connectivity index (χ3v) is 3.52. The molecule has 2 heteroatoms. The lowest BCUT2D eigenvalue weighted by atomic mass is 10.0. The molecule has 85 valence electrons. The van der Waals surface area contributed by atoms with Crippen LogP contribution in [0.4, 0.5) is 4.39 Å². The van der Waals surface area contributed by atoms with Crippen LogP contribution in [0.2, 0.25) is 5.02 Å². The Hall–Kier alpha value is -1.34. The fourth-order valence-corrected chi connectivity index (χ4v) is 2.47. The Labute approximate surface area is 105 Å². The van der Waals surface area contributed by atoms with Crippen molar-refractivity contribution in [1.82, 2.24) is 0 Å². The van der Waals surface area contributed by atoms with E-state index in [1.165, 1.54) is 23.6 Å². The van der Waals surface area contributed by atoms with E-state index in [0.29, 0.717) is 5.92 Å². The van der Waals surface area contributed by atoms with Crippen molar-refractivity contribution < 1.29 is 4.39 Å². The second-order valence-electron chi connectivity index (χ2n) is 4.31. The first-order valence-corrected chi connectivity index (χ1v) is 5.99. The molecule has 1 unspecified atom stereocenters. The monoisotopic (exact) mass is 245 g/mol. The Bertz CT molecular complexity index is 533. The lowest BCUT2D eigenvalue weighted by molar-refractivity contribution is 0.627. The Kier molecular flexibility index (Phi) is 2.64. The van der Waals surface area contributed by atoms with Gasteiger partial charge in [-0.3, -0.25) is 0 Å². The highest BCUT2D eigenvalue weighted by molar-refractivity contribution is 6.31. The van der Waals surface area contributed by atoms with Crippen LogP contribution in [0, 0.1) is 11.7 Å². The molecule has 1 aliphatic rings.